The molecule has 3 nitrogen and oxygen atoms in total. The molecule has 1 fully saturated rings. The zero-order valence-corrected chi connectivity index (χ0v) is 11.6. The lowest BCUT2D eigenvalue weighted by molar-refractivity contribution is -0.141. The van der Waals surface area contributed by atoms with E-state index in [0.717, 1.165) is 23.7 Å². The summed E-state index contributed by atoms with van der Waals surface area (Å²) in [7, 11) is 0. The van der Waals surface area contributed by atoms with E-state index >= 15 is 0 Å². The molecule has 1 aliphatic rings. The van der Waals surface area contributed by atoms with Gasteiger partial charge in [-0.2, -0.15) is 18.3 Å². The Labute approximate surface area is 120 Å². The molecule has 1 N–H and O–H groups in total. The number of nitrogens with one attached hydrogen (secondary N) is 1. The summed E-state index contributed by atoms with van der Waals surface area (Å²) in [5.41, 5.74) is 1.83. The van der Waals surface area contributed by atoms with Crippen LogP contribution in [0, 0.1) is 6.92 Å². The van der Waals surface area contributed by atoms with Crippen molar-refractivity contribution in [2.75, 3.05) is 0 Å². The number of aromatic nitrogens is 2. The summed E-state index contributed by atoms with van der Waals surface area (Å²) in [4.78, 5) is 0. The first-order valence-corrected chi connectivity index (χ1v) is 6.89. The van der Waals surface area contributed by atoms with Crippen molar-refractivity contribution < 1.29 is 13.2 Å². The Hall–Kier alpha value is -1.82. The monoisotopic (exact) mass is 295 g/mol. The number of hydrogen-bond acceptors (Lipinski definition) is 2. The molecule has 1 aromatic carbocycles. The number of aryl methyl sites for hydroxylation is 1. The lowest BCUT2D eigenvalue weighted by atomic mass is 10.1. The van der Waals surface area contributed by atoms with Gasteiger partial charge in [0.05, 0.1) is 5.69 Å². The Morgan fingerprint density at radius 3 is 2.62 bits per heavy atom. The van der Waals surface area contributed by atoms with Crippen LogP contribution in [0.4, 0.5) is 13.2 Å². The third-order valence-corrected chi connectivity index (χ3v) is 3.56. The highest BCUT2D eigenvalue weighted by Crippen LogP contribution is 2.28. The van der Waals surface area contributed by atoms with Gasteiger partial charge in [0.15, 0.2) is 5.69 Å². The van der Waals surface area contributed by atoms with Gasteiger partial charge in [-0.15, -0.1) is 0 Å². The van der Waals surface area contributed by atoms with Gasteiger partial charge in [-0.25, -0.2) is 4.68 Å². The molecule has 1 heterocycles. The molecular formula is C15H16F3N3. The summed E-state index contributed by atoms with van der Waals surface area (Å²) in [5, 5.41) is 7.01. The van der Waals surface area contributed by atoms with Crippen molar-refractivity contribution >= 4 is 0 Å². The van der Waals surface area contributed by atoms with E-state index in [1.165, 1.54) is 23.7 Å². The van der Waals surface area contributed by atoms with Crippen molar-refractivity contribution in [2.45, 2.75) is 38.5 Å². The third-order valence-electron chi connectivity index (χ3n) is 3.56. The summed E-state index contributed by atoms with van der Waals surface area (Å²) >= 11 is 0. The van der Waals surface area contributed by atoms with E-state index in [2.05, 4.69) is 10.4 Å². The van der Waals surface area contributed by atoms with Gasteiger partial charge in [0.1, 0.15) is 0 Å². The SMILES string of the molecule is Cc1cc(CNC2CC2)ccc1-n1ccc(C(F)(F)F)n1. The largest absolute Gasteiger partial charge is 0.435 e. The molecule has 1 saturated carbocycles. The van der Waals surface area contributed by atoms with Crippen LogP contribution in [0.1, 0.15) is 29.7 Å². The second-order valence-corrected chi connectivity index (χ2v) is 5.42. The standard InChI is InChI=1S/C15H16F3N3/c1-10-8-11(9-19-12-3-4-12)2-5-13(10)21-7-6-14(20-21)15(16,17)18/h2,5-8,12,19H,3-4,9H2,1H3. The van der Waals surface area contributed by atoms with Crippen molar-refractivity contribution in [3.05, 3.63) is 47.3 Å². The van der Waals surface area contributed by atoms with Crippen molar-refractivity contribution in [3.8, 4) is 5.69 Å². The molecule has 21 heavy (non-hydrogen) atoms. The maximum atomic E-state index is 12.6. The van der Waals surface area contributed by atoms with Gasteiger partial charge in [0.25, 0.3) is 0 Å². The average Bonchev–Trinajstić information content (AvgIpc) is 3.10. The molecule has 6 heteroatoms. The molecule has 0 atom stereocenters. The minimum absolute atomic E-state index is 0.630. The highest BCUT2D eigenvalue weighted by atomic mass is 19.4. The number of alkyl halides is 3. The van der Waals surface area contributed by atoms with Gasteiger partial charge in [-0.05, 0) is 43.0 Å². The fourth-order valence-electron chi connectivity index (χ4n) is 2.24. The minimum Gasteiger partial charge on any atom is -0.310 e. The average molecular weight is 295 g/mol. The number of rotatable bonds is 4. The Bertz CT molecular complexity index is 642. The van der Waals surface area contributed by atoms with Gasteiger partial charge >= 0.3 is 6.18 Å². The van der Waals surface area contributed by atoms with E-state index in [0.29, 0.717) is 11.7 Å². The first kappa shape index (κ1) is 14.1. The number of benzene rings is 1. The first-order chi connectivity index (χ1) is 9.93. The Morgan fingerprint density at radius 1 is 1.29 bits per heavy atom. The van der Waals surface area contributed by atoms with Gasteiger partial charge in [0.2, 0.25) is 0 Å². The molecule has 1 aliphatic carbocycles. The van der Waals surface area contributed by atoms with Crippen molar-refractivity contribution in [2.24, 2.45) is 0 Å². The van der Waals surface area contributed by atoms with Crippen LogP contribution >= 0.6 is 0 Å². The van der Waals surface area contributed by atoms with Crippen LogP contribution in [0.5, 0.6) is 0 Å². The number of hydrogen-bond donors (Lipinski definition) is 1. The molecule has 0 spiro atoms. The van der Waals surface area contributed by atoms with Crippen LogP contribution < -0.4 is 5.32 Å². The van der Waals surface area contributed by atoms with Crippen LogP contribution in [0.3, 0.4) is 0 Å². The predicted molar refractivity (Wildman–Crippen MR) is 73.2 cm³/mol. The van der Waals surface area contributed by atoms with E-state index < -0.39 is 11.9 Å². The normalized spacial score (nSPS) is 15.4. The lowest BCUT2D eigenvalue weighted by Gasteiger charge is -2.09. The quantitative estimate of drug-likeness (QED) is 0.936. The lowest BCUT2D eigenvalue weighted by Crippen LogP contribution is -2.15. The van der Waals surface area contributed by atoms with Gasteiger partial charge in [-0.1, -0.05) is 12.1 Å². The van der Waals surface area contributed by atoms with Crippen LogP contribution in [-0.4, -0.2) is 15.8 Å². The van der Waals surface area contributed by atoms with E-state index in [9.17, 15) is 13.2 Å². The van der Waals surface area contributed by atoms with E-state index in [1.807, 2.05) is 25.1 Å². The molecule has 0 unspecified atom stereocenters. The Balaban J connectivity index is 1.79. The molecule has 0 saturated heterocycles. The molecule has 112 valence electrons. The fourth-order valence-corrected chi connectivity index (χ4v) is 2.24. The molecule has 0 aliphatic heterocycles. The Kier molecular flexibility index (Phi) is 3.49. The van der Waals surface area contributed by atoms with E-state index in [1.54, 1.807) is 0 Å². The Morgan fingerprint density at radius 2 is 2.05 bits per heavy atom. The molecule has 3 rings (SSSR count). The zero-order valence-electron chi connectivity index (χ0n) is 11.6. The molecule has 0 radical (unpaired) electrons. The second kappa shape index (κ2) is 5.18. The predicted octanol–water partition coefficient (Wildman–Crippen LogP) is 3.45. The highest BCUT2D eigenvalue weighted by Gasteiger charge is 2.33. The van der Waals surface area contributed by atoms with Crippen LogP contribution in [0.2, 0.25) is 0 Å². The van der Waals surface area contributed by atoms with E-state index in [-0.39, 0.29) is 0 Å². The molecular weight excluding hydrogens is 279 g/mol. The maximum absolute atomic E-state index is 12.6. The van der Waals surface area contributed by atoms with E-state index in [4.69, 9.17) is 0 Å². The molecule has 1 aromatic heterocycles. The van der Waals surface area contributed by atoms with Crippen LogP contribution in [0.15, 0.2) is 30.5 Å². The minimum atomic E-state index is -4.41. The topological polar surface area (TPSA) is 29.9 Å². The van der Waals surface area contributed by atoms with Crippen molar-refractivity contribution in [1.82, 2.24) is 15.1 Å². The van der Waals surface area contributed by atoms with Crippen LogP contribution in [0.25, 0.3) is 5.69 Å². The number of halogens is 3. The summed E-state index contributed by atoms with van der Waals surface area (Å²) in [6.45, 7) is 2.67. The fraction of sp³-hybridized carbons (Fsp3) is 0.400. The molecule has 2 aromatic rings. The highest BCUT2D eigenvalue weighted by molar-refractivity contribution is 5.42. The first-order valence-electron chi connectivity index (χ1n) is 6.89. The summed E-state index contributed by atoms with van der Waals surface area (Å²) in [5.74, 6) is 0. The summed E-state index contributed by atoms with van der Waals surface area (Å²) in [6, 6.07) is 7.34. The summed E-state index contributed by atoms with van der Waals surface area (Å²) in [6.07, 6.45) is -0.615. The van der Waals surface area contributed by atoms with Crippen molar-refractivity contribution in [1.29, 1.82) is 0 Å². The van der Waals surface area contributed by atoms with Gasteiger partial charge < -0.3 is 5.32 Å². The smallest absolute Gasteiger partial charge is 0.310 e. The zero-order chi connectivity index (χ0) is 15.0. The number of nitrogens with zero attached hydrogens (tertiary/aromatic N) is 2. The second-order valence-electron chi connectivity index (χ2n) is 5.42. The summed E-state index contributed by atoms with van der Waals surface area (Å²) < 4.78 is 39.0. The third kappa shape index (κ3) is 3.26. The van der Waals surface area contributed by atoms with Crippen molar-refractivity contribution in [3.63, 3.8) is 0 Å². The maximum Gasteiger partial charge on any atom is 0.435 e. The molecule has 0 bridgehead atoms. The van der Waals surface area contributed by atoms with Crippen LogP contribution in [-0.2, 0) is 12.7 Å². The van der Waals surface area contributed by atoms with Gasteiger partial charge in [-0.3, -0.25) is 0 Å². The van der Waals surface area contributed by atoms with Gasteiger partial charge in [0, 0.05) is 18.8 Å². The molecule has 0 amide bonds.